The fraction of sp³-hybridized carbons (Fsp3) is 0.409. The number of hydrogen-bond donors (Lipinski definition) is 1. The zero-order valence-corrected chi connectivity index (χ0v) is 18.4. The van der Waals surface area contributed by atoms with Crippen LogP contribution in [0.15, 0.2) is 48.5 Å². The van der Waals surface area contributed by atoms with Crippen molar-refractivity contribution in [1.82, 2.24) is 10.2 Å². The maximum atomic E-state index is 12.0. The Morgan fingerprint density at radius 1 is 1.07 bits per heavy atom. The number of nitrogens with one attached hydrogen (secondary N) is 1. The SMILES string of the molecule is COc1ccc(CN2CCC(CNC(=O)COc3ccc(I)cc3)CC2)cc1. The van der Waals surface area contributed by atoms with Gasteiger partial charge in [-0.15, -0.1) is 0 Å². The van der Waals surface area contributed by atoms with E-state index in [4.69, 9.17) is 9.47 Å². The third-order valence-electron chi connectivity index (χ3n) is 5.04. The van der Waals surface area contributed by atoms with Crippen LogP contribution in [0.2, 0.25) is 0 Å². The van der Waals surface area contributed by atoms with Gasteiger partial charge in [0, 0.05) is 16.7 Å². The summed E-state index contributed by atoms with van der Waals surface area (Å²) < 4.78 is 11.9. The zero-order chi connectivity index (χ0) is 19.8. The van der Waals surface area contributed by atoms with Crippen molar-refractivity contribution >= 4 is 28.5 Å². The molecule has 0 aromatic heterocycles. The van der Waals surface area contributed by atoms with Gasteiger partial charge in [-0.2, -0.15) is 0 Å². The third kappa shape index (κ3) is 6.67. The van der Waals surface area contributed by atoms with Crippen molar-refractivity contribution in [3.63, 3.8) is 0 Å². The van der Waals surface area contributed by atoms with Crippen LogP contribution < -0.4 is 14.8 Å². The van der Waals surface area contributed by atoms with Crippen molar-refractivity contribution in [3.8, 4) is 11.5 Å². The van der Waals surface area contributed by atoms with Gasteiger partial charge in [-0.1, -0.05) is 12.1 Å². The van der Waals surface area contributed by atoms with E-state index >= 15 is 0 Å². The van der Waals surface area contributed by atoms with E-state index < -0.39 is 0 Å². The Kier molecular flexibility index (Phi) is 7.97. The molecule has 1 fully saturated rings. The van der Waals surface area contributed by atoms with Gasteiger partial charge < -0.3 is 14.8 Å². The number of rotatable bonds is 8. The fourth-order valence-corrected chi connectivity index (χ4v) is 3.69. The average Bonchev–Trinajstić information content (AvgIpc) is 2.73. The van der Waals surface area contributed by atoms with Crippen molar-refractivity contribution in [2.45, 2.75) is 19.4 Å². The van der Waals surface area contributed by atoms with Gasteiger partial charge in [0.2, 0.25) is 0 Å². The lowest BCUT2D eigenvalue weighted by atomic mass is 9.96. The van der Waals surface area contributed by atoms with Crippen LogP contribution in [-0.4, -0.2) is 44.2 Å². The van der Waals surface area contributed by atoms with Crippen LogP contribution in [0.25, 0.3) is 0 Å². The van der Waals surface area contributed by atoms with E-state index in [1.165, 1.54) is 5.56 Å². The second-order valence-electron chi connectivity index (χ2n) is 7.11. The Labute approximate surface area is 180 Å². The molecule has 28 heavy (non-hydrogen) atoms. The largest absolute Gasteiger partial charge is 0.497 e. The molecule has 0 bridgehead atoms. The Balaban J connectivity index is 1.32. The first kappa shape index (κ1) is 20.9. The summed E-state index contributed by atoms with van der Waals surface area (Å²) in [7, 11) is 1.69. The van der Waals surface area contributed by atoms with Crippen LogP contribution in [0.1, 0.15) is 18.4 Å². The minimum atomic E-state index is -0.0563. The molecule has 2 aromatic rings. The molecule has 0 radical (unpaired) electrons. The number of nitrogens with zero attached hydrogens (tertiary/aromatic N) is 1. The van der Waals surface area contributed by atoms with E-state index in [1.54, 1.807) is 7.11 Å². The summed E-state index contributed by atoms with van der Waals surface area (Å²) in [4.78, 5) is 14.5. The van der Waals surface area contributed by atoms with Crippen LogP contribution in [0.3, 0.4) is 0 Å². The summed E-state index contributed by atoms with van der Waals surface area (Å²) in [5.41, 5.74) is 1.31. The maximum Gasteiger partial charge on any atom is 0.257 e. The molecule has 0 atom stereocenters. The molecule has 150 valence electrons. The summed E-state index contributed by atoms with van der Waals surface area (Å²) in [6, 6.07) is 16.0. The molecular formula is C22H27IN2O3. The summed E-state index contributed by atoms with van der Waals surface area (Å²) in [6.45, 7) is 3.88. The minimum absolute atomic E-state index is 0.0563. The predicted octanol–water partition coefficient (Wildman–Crippen LogP) is 3.71. The summed E-state index contributed by atoms with van der Waals surface area (Å²) in [5.74, 6) is 2.10. The van der Waals surface area contributed by atoms with Gasteiger partial charge in [-0.25, -0.2) is 0 Å². The van der Waals surface area contributed by atoms with E-state index in [2.05, 4.69) is 44.9 Å². The molecule has 2 aromatic carbocycles. The number of methoxy groups -OCH3 is 1. The van der Waals surface area contributed by atoms with Gasteiger partial charge in [0.25, 0.3) is 5.91 Å². The van der Waals surface area contributed by atoms with E-state index in [0.717, 1.165) is 54.1 Å². The van der Waals surface area contributed by atoms with Crippen LogP contribution >= 0.6 is 22.6 Å². The van der Waals surface area contributed by atoms with Gasteiger partial charge in [0.1, 0.15) is 11.5 Å². The van der Waals surface area contributed by atoms with E-state index in [0.29, 0.717) is 5.92 Å². The van der Waals surface area contributed by atoms with Gasteiger partial charge >= 0.3 is 0 Å². The van der Waals surface area contributed by atoms with Gasteiger partial charge in [-0.3, -0.25) is 9.69 Å². The second-order valence-corrected chi connectivity index (χ2v) is 8.36. The van der Waals surface area contributed by atoms with E-state index in [1.807, 2.05) is 36.4 Å². The van der Waals surface area contributed by atoms with Crippen LogP contribution in [0, 0.1) is 9.49 Å². The van der Waals surface area contributed by atoms with Crippen LogP contribution in [0.4, 0.5) is 0 Å². The Hall–Kier alpha value is -1.80. The molecule has 1 aliphatic heterocycles. The highest BCUT2D eigenvalue weighted by molar-refractivity contribution is 14.1. The highest BCUT2D eigenvalue weighted by Gasteiger charge is 2.19. The zero-order valence-electron chi connectivity index (χ0n) is 16.2. The first-order valence-corrected chi connectivity index (χ1v) is 10.7. The fourth-order valence-electron chi connectivity index (χ4n) is 3.33. The summed E-state index contributed by atoms with van der Waals surface area (Å²) >= 11 is 2.24. The molecule has 5 nitrogen and oxygen atoms in total. The van der Waals surface area contributed by atoms with E-state index in [-0.39, 0.29) is 12.5 Å². The lowest BCUT2D eigenvalue weighted by molar-refractivity contribution is -0.123. The lowest BCUT2D eigenvalue weighted by Crippen LogP contribution is -2.39. The number of halogens is 1. The number of carbonyl (C=O) groups excluding carboxylic acids is 1. The first-order chi connectivity index (χ1) is 13.6. The van der Waals surface area contributed by atoms with Gasteiger partial charge in [0.05, 0.1) is 7.11 Å². The van der Waals surface area contributed by atoms with Crippen molar-refractivity contribution in [3.05, 3.63) is 57.7 Å². The Morgan fingerprint density at radius 3 is 2.36 bits per heavy atom. The maximum absolute atomic E-state index is 12.0. The number of carbonyl (C=O) groups is 1. The highest BCUT2D eigenvalue weighted by Crippen LogP contribution is 2.20. The quantitative estimate of drug-likeness (QED) is 0.569. The molecule has 3 rings (SSSR count). The lowest BCUT2D eigenvalue weighted by Gasteiger charge is -2.32. The molecule has 1 heterocycles. The Bertz CT molecular complexity index is 741. The number of amides is 1. The topological polar surface area (TPSA) is 50.8 Å². The van der Waals surface area contributed by atoms with Crippen molar-refractivity contribution < 1.29 is 14.3 Å². The van der Waals surface area contributed by atoms with Crippen molar-refractivity contribution in [2.24, 2.45) is 5.92 Å². The monoisotopic (exact) mass is 494 g/mol. The molecule has 1 N–H and O–H groups in total. The van der Waals surface area contributed by atoms with Crippen LogP contribution in [0.5, 0.6) is 11.5 Å². The first-order valence-electron chi connectivity index (χ1n) is 9.63. The smallest absolute Gasteiger partial charge is 0.257 e. The minimum Gasteiger partial charge on any atom is -0.497 e. The molecule has 6 heteroatoms. The number of likely N-dealkylation sites (tertiary alicyclic amines) is 1. The molecule has 0 unspecified atom stereocenters. The molecule has 1 saturated heterocycles. The normalized spacial score (nSPS) is 15.2. The molecule has 0 saturated carbocycles. The molecule has 0 aliphatic carbocycles. The van der Waals surface area contributed by atoms with Crippen molar-refractivity contribution in [2.75, 3.05) is 33.4 Å². The number of benzene rings is 2. The number of hydrogen-bond acceptors (Lipinski definition) is 4. The molecule has 1 aliphatic rings. The van der Waals surface area contributed by atoms with Gasteiger partial charge in [-0.05, 0) is 96.4 Å². The number of ether oxygens (including phenoxy) is 2. The van der Waals surface area contributed by atoms with Crippen LogP contribution in [-0.2, 0) is 11.3 Å². The summed E-state index contributed by atoms with van der Waals surface area (Å²) in [6.07, 6.45) is 2.21. The van der Waals surface area contributed by atoms with E-state index in [9.17, 15) is 4.79 Å². The average molecular weight is 494 g/mol. The van der Waals surface area contributed by atoms with Gasteiger partial charge in [0.15, 0.2) is 6.61 Å². The standard InChI is InChI=1S/C22H27IN2O3/c1-27-20-6-2-18(3-7-20)15-25-12-10-17(11-13-25)14-24-22(26)16-28-21-8-4-19(23)5-9-21/h2-9,17H,10-16H2,1H3,(H,24,26). The molecular weight excluding hydrogens is 467 g/mol. The third-order valence-corrected chi connectivity index (χ3v) is 5.76. The number of piperidine rings is 1. The molecule has 0 spiro atoms. The Morgan fingerprint density at radius 2 is 1.71 bits per heavy atom. The second kappa shape index (κ2) is 10.7. The summed E-state index contributed by atoms with van der Waals surface area (Å²) in [5, 5.41) is 3.01. The molecule has 1 amide bonds. The predicted molar refractivity (Wildman–Crippen MR) is 119 cm³/mol. The highest BCUT2D eigenvalue weighted by atomic mass is 127. The van der Waals surface area contributed by atoms with Crippen molar-refractivity contribution in [1.29, 1.82) is 0 Å².